The van der Waals surface area contributed by atoms with Crippen LogP contribution in [0.1, 0.15) is 87.5 Å². The van der Waals surface area contributed by atoms with Crippen LogP contribution in [0, 0.1) is 0 Å². The van der Waals surface area contributed by atoms with Crippen molar-refractivity contribution in [2.75, 3.05) is 13.2 Å². The zero-order valence-corrected chi connectivity index (χ0v) is 18.4. The summed E-state index contributed by atoms with van der Waals surface area (Å²) in [7, 11) is 0. The first-order chi connectivity index (χ1) is 12.0. The third-order valence-electron chi connectivity index (χ3n) is 5.50. The maximum absolute atomic E-state index is 10.4. The summed E-state index contributed by atoms with van der Waals surface area (Å²) in [4.78, 5) is 0. The van der Waals surface area contributed by atoms with Crippen molar-refractivity contribution < 1.29 is 19.4 Å². The van der Waals surface area contributed by atoms with E-state index in [2.05, 4.69) is 55.4 Å². The van der Waals surface area contributed by atoms with E-state index in [0.717, 1.165) is 32.1 Å². The number of hydrogen-bond acceptors (Lipinski definition) is 5. The van der Waals surface area contributed by atoms with Gasteiger partial charge >= 0.3 is 0 Å². The highest BCUT2D eigenvalue weighted by atomic mass is 16.5. The fraction of sp³-hybridized carbons (Fsp3) is 1.00. The summed E-state index contributed by atoms with van der Waals surface area (Å²) in [6, 6.07) is 0. The van der Waals surface area contributed by atoms with Crippen molar-refractivity contribution >= 4 is 0 Å². The maximum atomic E-state index is 10.4. The van der Waals surface area contributed by atoms with Gasteiger partial charge in [-0.1, -0.05) is 13.8 Å². The summed E-state index contributed by atoms with van der Waals surface area (Å²) in [5, 5.41) is 11.9. The lowest BCUT2D eigenvalue weighted by atomic mass is 9.80. The third kappa shape index (κ3) is 7.43. The highest BCUT2D eigenvalue weighted by Gasteiger charge is 2.45. The molecule has 1 saturated heterocycles. The molecule has 5 nitrogen and oxygen atoms in total. The zero-order valence-electron chi connectivity index (χ0n) is 18.4. The third-order valence-corrected chi connectivity index (χ3v) is 5.50. The largest absolute Gasteiger partial charge is 0.376 e. The van der Waals surface area contributed by atoms with E-state index in [9.17, 15) is 5.21 Å². The van der Waals surface area contributed by atoms with Crippen molar-refractivity contribution in [2.24, 2.45) is 0 Å². The predicted molar refractivity (Wildman–Crippen MR) is 106 cm³/mol. The van der Waals surface area contributed by atoms with Crippen LogP contribution in [0.5, 0.6) is 0 Å². The quantitative estimate of drug-likeness (QED) is 0.527. The minimum atomic E-state index is -0.278. The van der Waals surface area contributed by atoms with Crippen LogP contribution >= 0.6 is 0 Å². The molecule has 156 valence electrons. The van der Waals surface area contributed by atoms with Crippen LogP contribution in [-0.2, 0) is 14.2 Å². The molecule has 1 N–H and O–H groups in total. The van der Waals surface area contributed by atoms with Gasteiger partial charge in [-0.3, -0.25) is 0 Å². The van der Waals surface area contributed by atoms with Crippen molar-refractivity contribution in [3.05, 3.63) is 0 Å². The molecule has 3 atom stereocenters. The summed E-state index contributed by atoms with van der Waals surface area (Å²) >= 11 is 0. The predicted octanol–water partition coefficient (Wildman–Crippen LogP) is 4.80. The molecule has 1 rings (SSSR count). The number of ether oxygens (including phenoxy) is 3. The van der Waals surface area contributed by atoms with Crippen LogP contribution < -0.4 is 0 Å². The lowest BCUT2D eigenvalue weighted by molar-refractivity contribution is -0.265. The standard InChI is InChI=1S/C21H43NO4/c1-9-16(3)24-11-12-25-17(4)13-18(10-2)26-19-14-20(5,6)22(23)21(7,8)15-19/h16-19,23H,9-15H2,1-8H3. The van der Waals surface area contributed by atoms with Gasteiger partial charge in [0.25, 0.3) is 0 Å². The van der Waals surface area contributed by atoms with Gasteiger partial charge < -0.3 is 19.4 Å². The first kappa shape index (κ1) is 23.8. The average Bonchev–Trinajstić information content (AvgIpc) is 2.55. The van der Waals surface area contributed by atoms with Gasteiger partial charge in [-0.25, -0.2) is 0 Å². The molecule has 1 aliphatic heterocycles. The van der Waals surface area contributed by atoms with E-state index >= 15 is 0 Å². The molecule has 0 bridgehead atoms. The minimum Gasteiger partial charge on any atom is -0.376 e. The van der Waals surface area contributed by atoms with Gasteiger partial charge in [0.1, 0.15) is 0 Å². The van der Waals surface area contributed by atoms with Gasteiger partial charge in [-0.15, -0.1) is 0 Å². The van der Waals surface area contributed by atoms with Crippen LogP contribution in [0.4, 0.5) is 0 Å². The molecule has 1 fully saturated rings. The molecule has 26 heavy (non-hydrogen) atoms. The summed E-state index contributed by atoms with van der Waals surface area (Å²) in [5.74, 6) is 0. The number of nitrogens with zero attached hydrogens (tertiary/aromatic N) is 1. The Hall–Kier alpha value is -0.200. The average molecular weight is 374 g/mol. The fourth-order valence-corrected chi connectivity index (χ4v) is 3.92. The number of piperidine rings is 1. The van der Waals surface area contributed by atoms with E-state index in [4.69, 9.17) is 14.2 Å². The van der Waals surface area contributed by atoms with E-state index in [-0.39, 0.29) is 29.4 Å². The Morgan fingerprint density at radius 2 is 1.42 bits per heavy atom. The molecule has 5 heteroatoms. The second-order valence-electron chi connectivity index (χ2n) is 9.14. The second-order valence-corrected chi connectivity index (χ2v) is 9.14. The van der Waals surface area contributed by atoms with Crippen LogP contribution in [0.25, 0.3) is 0 Å². The summed E-state index contributed by atoms with van der Waals surface area (Å²) in [6.07, 6.45) is 5.35. The van der Waals surface area contributed by atoms with Crippen molar-refractivity contribution in [3.63, 3.8) is 0 Å². The second kappa shape index (κ2) is 10.4. The van der Waals surface area contributed by atoms with Crippen molar-refractivity contribution in [3.8, 4) is 0 Å². The smallest absolute Gasteiger partial charge is 0.0704 e. The number of rotatable bonds is 11. The number of hydroxylamine groups is 2. The molecule has 0 aromatic rings. The highest BCUT2D eigenvalue weighted by Crippen LogP contribution is 2.38. The summed E-state index contributed by atoms with van der Waals surface area (Å²) < 4.78 is 18.0. The topological polar surface area (TPSA) is 51.2 Å². The molecule has 1 aliphatic rings. The van der Waals surface area contributed by atoms with E-state index in [1.807, 2.05) is 0 Å². The molecule has 0 aromatic carbocycles. The molecule has 0 spiro atoms. The maximum Gasteiger partial charge on any atom is 0.0704 e. The molecule has 0 aromatic heterocycles. The monoisotopic (exact) mass is 373 g/mol. The van der Waals surface area contributed by atoms with Crippen LogP contribution in [0.3, 0.4) is 0 Å². The Balaban J connectivity index is 2.44. The lowest BCUT2D eigenvalue weighted by Crippen LogP contribution is -2.60. The van der Waals surface area contributed by atoms with E-state index < -0.39 is 0 Å². The van der Waals surface area contributed by atoms with Crippen LogP contribution in [0.2, 0.25) is 0 Å². The normalized spacial score (nSPS) is 24.3. The van der Waals surface area contributed by atoms with Gasteiger partial charge in [0.15, 0.2) is 0 Å². The Morgan fingerprint density at radius 1 is 0.923 bits per heavy atom. The minimum absolute atomic E-state index is 0.152. The molecular formula is C21H43NO4. The first-order valence-corrected chi connectivity index (χ1v) is 10.4. The van der Waals surface area contributed by atoms with E-state index in [0.29, 0.717) is 19.3 Å². The van der Waals surface area contributed by atoms with Crippen molar-refractivity contribution in [1.82, 2.24) is 5.06 Å². The first-order valence-electron chi connectivity index (χ1n) is 10.4. The van der Waals surface area contributed by atoms with Gasteiger partial charge in [-0.2, -0.15) is 5.06 Å². The van der Waals surface area contributed by atoms with Crippen molar-refractivity contribution in [1.29, 1.82) is 0 Å². The Bertz CT molecular complexity index is 381. The lowest BCUT2D eigenvalue weighted by Gasteiger charge is -2.51. The number of hydrogen-bond donors (Lipinski definition) is 1. The van der Waals surface area contributed by atoms with Gasteiger partial charge in [-0.05, 0) is 73.6 Å². The fourth-order valence-electron chi connectivity index (χ4n) is 3.92. The Morgan fingerprint density at radius 3 is 1.88 bits per heavy atom. The molecule has 1 heterocycles. The summed E-state index contributed by atoms with van der Waals surface area (Å²) in [6.45, 7) is 18.1. The Labute approximate surface area is 161 Å². The molecule has 0 amide bonds. The molecule has 0 saturated carbocycles. The zero-order chi connectivity index (χ0) is 20.0. The van der Waals surface area contributed by atoms with Gasteiger partial charge in [0, 0.05) is 11.1 Å². The van der Waals surface area contributed by atoms with Gasteiger partial charge in [0.05, 0.1) is 37.6 Å². The van der Waals surface area contributed by atoms with E-state index in [1.54, 1.807) is 0 Å². The highest BCUT2D eigenvalue weighted by molar-refractivity contribution is 4.97. The Kier molecular flexibility index (Phi) is 9.51. The molecule has 0 aliphatic carbocycles. The molecular weight excluding hydrogens is 330 g/mol. The summed E-state index contributed by atoms with van der Waals surface area (Å²) in [5.41, 5.74) is -0.555. The SMILES string of the molecule is CCC(C)OCCOC(C)CC(CC)OC1CC(C)(C)N(O)C(C)(C)C1. The van der Waals surface area contributed by atoms with Crippen LogP contribution in [-0.4, -0.2) is 59.0 Å². The molecule has 0 radical (unpaired) electrons. The molecule has 3 unspecified atom stereocenters. The van der Waals surface area contributed by atoms with Gasteiger partial charge in [0.2, 0.25) is 0 Å². The van der Waals surface area contributed by atoms with E-state index in [1.165, 1.54) is 5.06 Å². The van der Waals surface area contributed by atoms with Crippen LogP contribution in [0.15, 0.2) is 0 Å². The van der Waals surface area contributed by atoms with Crippen molar-refractivity contribution in [2.45, 2.75) is 123 Å².